The van der Waals surface area contributed by atoms with E-state index in [1.807, 2.05) is 6.92 Å². The van der Waals surface area contributed by atoms with Crippen LogP contribution in [0.2, 0.25) is 10.2 Å². The highest BCUT2D eigenvalue weighted by Crippen LogP contribution is 2.39. The van der Waals surface area contributed by atoms with E-state index in [9.17, 15) is 10.1 Å². The van der Waals surface area contributed by atoms with Crippen LogP contribution in [-0.2, 0) is 0 Å². The van der Waals surface area contributed by atoms with Gasteiger partial charge in [-0.05, 0) is 13.0 Å². The molecular formula is C11H8Cl2N2O3. The Bertz CT molecular complexity index is 631. The van der Waals surface area contributed by atoms with Gasteiger partial charge in [-0.2, -0.15) is 0 Å². The molecule has 5 nitrogen and oxygen atoms in total. The van der Waals surface area contributed by atoms with E-state index >= 15 is 0 Å². The summed E-state index contributed by atoms with van der Waals surface area (Å²) >= 11 is 11.8. The van der Waals surface area contributed by atoms with Crippen molar-refractivity contribution in [2.75, 3.05) is 6.61 Å². The Balaban J connectivity index is 2.81. The molecule has 0 bridgehead atoms. The number of hydrogen-bond acceptors (Lipinski definition) is 4. The number of aromatic nitrogens is 1. The maximum Gasteiger partial charge on any atom is 0.325 e. The zero-order valence-electron chi connectivity index (χ0n) is 9.31. The maximum atomic E-state index is 10.9. The fraction of sp³-hybridized carbons (Fsp3) is 0.182. The molecule has 2 aromatic rings. The van der Waals surface area contributed by atoms with E-state index < -0.39 is 4.92 Å². The lowest BCUT2D eigenvalue weighted by Gasteiger charge is -2.08. The lowest BCUT2D eigenvalue weighted by Crippen LogP contribution is -1.97. The Morgan fingerprint density at radius 2 is 2.17 bits per heavy atom. The second-order valence-corrected chi connectivity index (χ2v) is 4.14. The highest BCUT2D eigenvalue weighted by atomic mass is 35.5. The van der Waals surface area contributed by atoms with Gasteiger partial charge in [-0.25, -0.2) is 4.98 Å². The molecule has 2 rings (SSSR count). The number of pyridine rings is 1. The Kier molecular flexibility index (Phi) is 3.54. The van der Waals surface area contributed by atoms with Gasteiger partial charge in [0, 0.05) is 5.39 Å². The largest absolute Gasteiger partial charge is 0.492 e. The van der Waals surface area contributed by atoms with Crippen LogP contribution < -0.4 is 4.74 Å². The molecule has 1 aromatic carbocycles. The van der Waals surface area contributed by atoms with Gasteiger partial charge in [0.05, 0.1) is 11.5 Å². The molecule has 7 heteroatoms. The van der Waals surface area contributed by atoms with Gasteiger partial charge in [-0.1, -0.05) is 35.3 Å². The predicted octanol–water partition coefficient (Wildman–Crippen LogP) is 3.85. The van der Waals surface area contributed by atoms with Crippen LogP contribution in [0.1, 0.15) is 6.92 Å². The molecule has 0 aliphatic heterocycles. The van der Waals surface area contributed by atoms with Gasteiger partial charge in [-0.3, -0.25) is 10.1 Å². The Hall–Kier alpha value is -1.59. The van der Waals surface area contributed by atoms with Gasteiger partial charge >= 0.3 is 5.69 Å². The van der Waals surface area contributed by atoms with Crippen LogP contribution in [0.5, 0.6) is 5.75 Å². The van der Waals surface area contributed by atoms with E-state index in [1.54, 1.807) is 18.2 Å². The normalized spacial score (nSPS) is 10.6. The average molecular weight is 287 g/mol. The van der Waals surface area contributed by atoms with Crippen LogP contribution in [0.4, 0.5) is 5.69 Å². The number of ether oxygens (including phenoxy) is 1. The smallest absolute Gasteiger partial charge is 0.325 e. The van der Waals surface area contributed by atoms with Crippen molar-refractivity contribution < 1.29 is 9.66 Å². The topological polar surface area (TPSA) is 65.3 Å². The van der Waals surface area contributed by atoms with Gasteiger partial charge in [0.15, 0.2) is 0 Å². The number of hydrogen-bond donors (Lipinski definition) is 0. The van der Waals surface area contributed by atoms with Crippen LogP contribution in [0.3, 0.4) is 0 Å². The van der Waals surface area contributed by atoms with Gasteiger partial charge < -0.3 is 4.74 Å². The first-order chi connectivity index (χ1) is 8.56. The first kappa shape index (κ1) is 12.9. The summed E-state index contributed by atoms with van der Waals surface area (Å²) in [6.07, 6.45) is 0. The van der Waals surface area contributed by atoms with Crippen LogP contribution in [-0.4, -0.2) is 16.5 Å². The molecule has 18 heavy (non-hydrogen) atoms. The number of benzene rings is 1. The summed E-state index contributed by atoms with van der Waals surface area (Å²) in [7, 11) is 0. The molecule has 0 radical (unpaired) electrons. The van der Waals surface area contributed by atoms with Crippen molar-refractivity contribution in [1.82, 2.24) is 4.98 Å². The molecule has 0 N–H and O–H groups in total. The first-order valence-corrected chi connectivity index (χ1v) is 5.86. The summed E-state index contributed by atoms with van der Waals surface area (Å²) in [5.74, 6) is 0.494. The molecule has 0 aliphatic carbocycles. The summed E-state index contributed by atoms with van der Waals surface area (Å²) in [6, 6.07) is 5.03. The van der Waals surface area contributed by atoms with Crippen molar-refractivity contribution in [1.29, 1.82) is 0 Å². The van der Waals surface area contributed by atoms with Crippen molar-refractivity contribution in [2.45, 2.75) is 6.92 Å². The summed E-state index contributed by atoms with van der Waals surface area (Å²) in [5.41, 5.74) is 0.0273. The second kappa shape index (κ2) is 4.96. The van der Waals surface area contributed by atoms with Crippen LogP contribution in [0.15, 0.2) is 18.2 Å². The van der Waals surface area contributed by atoms with Crippen LogP contribution >= 0.6 is 23.2 Å². The fourth-order valence-electron chi connectivity index (χ4n) is 1.61. The standard InChI is InChI=1S/C11H8Cl2N2O3/c1-2-18-7-5-3-4-6-8(12)10(15(16)17)11(13)14-9(6)7/h3-5H,2H2,1H3. The SMILES string of the molecule is CCOc1cccc2c(Cl)c([N+](=O)[O-])c(Cl)nc12. The fourth-order valence-corrected chi connectivity index (χ4v) is 2.22. The number of rotatable bonds is 3. The van der Waals surface area contributed by atoms with E-state index in [4.69, 9.17) is 27.9 Å². The molecular weight excluding hydrogens is 279 g/mol. The van der Waals surface area contributed by atoms with Gasteiger partial charge in [0.25, 0.3) is 0 Å². The van der Waals surface area contributed by atoms with E-state index in [-0.39, 0.29) is 15.9 Å². The molecule has 0 amide bonds. The van der Waals surface area contributed by atoms with E-state index in [1.165, 1.54) is 0 Å². The molecule has 1 heterocycles. The number of nitrogens with zero attached hydrogens (tertiary/aromatic N) is 2. The molecule has 1 aromatic heterocycles. The molecule has 0 atom stereocenters. The van der Waals surface area contributed by atoms with Crippen LogP contribution in [0.25, 0.3) is 10.9 Å². The lowest BCUT2D eigenvalue weighted by molar-refractivity contribution is -0.384. The number of nitro groups is 1. The maximum absolute atomic E-state index is 10.9. The van der Waals surface area contributed by atoms with Gasteiger partial charge in [0.1, 0.15) is 16.3 Å². The number of para-hydroxylation sites is 1. The number of halogens is 2. The Labute approximate surface area is 112 Å². The van der Waals surface area contributed by atoms with Gasteiger partial charge in [0.2, 0.25) is 5.15 Å². The van der Waals surface area contributed by atoms with Crippen molar-refractivity contribution in [2.24, 2.45) is 0 Å². The molecule has 0 fully saturated rings. The molecule has 94 valence electrons. The number of fused-ring (bicyclic) bond motifs is 1. The zero-order chi connectivity index (χ0) is 13.3. The minimum Gasteiger partial charge on any atom is -0.492 e. The summed E-state index contributed by atoms with van der Waals surface area (Å²) < 4.78 is 5.38. The molecule has 0 aliphatic rings. The van der Waals surface area contributed by atoms with Crippen molar-refractivity contribution in [3.05, 3.63) is 38.5 Å². The van der Waals surface area contributed by atoms with E-state index in [2.05, 4.69) is 4.98 Å². The third-order valence-corrected chi connectivity index (χ3v) is 2.98. The Morgan fingerprint density at radius 1 is 1.44 bits per heavy atom. The summed E-state index contributed by atoms with van der Waals surface area (Å²) in [4.78, 5) is 14.2. The van der Waals surface area contributed by atoms with Crippen molar-refractivity contribution in [3.8, 4) is 5.75 Å². The molecule has 0 saturated heterocycles. The Morgan fingerprint density at radius 3 is 2.78 bits per heavy atom. The minimum absolute atomic E-state index is 0.0310. The third kappa shape index (κ3) is 2.07. The van der Waals surface area contributed by atoms with Gasteiger partial charge in [-0.15, -0.1) is 0 Å². The lowest BCUT2D eigenvalue weighted by atomic mass is 10.2. The molecule has 0 spiro atoms. The highest BCUT2D eigenvalue weighted by Gasteiger charge is 2.23. The summed E-state index contributed by atoms with van der Waals surface area (Å²) in [6.45, 7) is 2.28. The second-order valence-electron chi connectivity index (χ2n) is 3.41. The predicted molar refractivity (Wildman–Crippen MR) is 69.6 cm³/mol. The first-order valence-electron chi connectivity index (χ1n) is 5.11. The van der Waals surface area contributed by atoms with E-state index in [0.29, 0.717) is 23.3 Å². The molecule has 0 unspecified atom stereocenters. The average Bonchev–Trinajstić information content (AvgIpc) is 2.30. The zero-order valence-corrected chi connectivity index (χ0v) is 10.8. The highest BCUT2D eigenvalue weighted by molar-refractivity contribution is 6.41. The molecule has 0 saturated carbocycles. The van der Waals surface area contributed by atoms with Crippen molar-refractivity contribution in [3.63, 3.8) is 0 Å². The monoisotopic (exact) mass is 286 g/mol. The minimum atomic E-state index is -0.648. The summed E-state index contributed by atoms with van der Waals surface area (Å²) in [5, 5.41) is 11.0. The third-order valence-electron chi connectivity index (χ3n) is 2.33. The quantitative estimate of drug-likeness (QED) is 0.488. The van der Waals surface area contributed by atoms with E-state index in [0.717, 1.165) is 0 Å². The van der Waals surface area contributed by atoms with Crippen LogP contribution in [0, 0.1) is 10.1 Å². The van der Waals surface area contributed by atoms with Crippen molar-refractivity contribution >= 4 is 39.8 Å².